The Balaban J connectivity index is 1.50. The Morgan fingerprint density at radius 2 is 1.29 bits per heavy atom. The van der Waals surface area contributed by atoms with Gasteiger partial charge in [0.25, 0.3) is 0 Å². The van der Waals surface area contributed by atoms with E-state index in [4.69, 9.17) is 0 Å². The lowest BCUT2D eigenvalue weighted by molar-refractivity contribution is -0.275. The van der Waals surface area contributed by atoms with Gasteiger partial charge in [-0.3, -0.25) is 4.90 Å². The summed E-state index contributed by atoms with van der Waals surface area (Å²) in [5, 5.41) is 2.94. The molecule has 0 aromatic heterocycles. The quantitative estimate of drug-likeness (QED) is 0.620. The molecule has 5 nitrogen and oxygen atoms in total. The molecule has 11 heteroatoms. The first-order valence-corrected chi connectivity index (χ1v) is 9.51. The number of benzene rings is 2. The maximum absolute atomic E-state index is 12.6. The summed E-state index contributed by atoms with van der Waals surface area (Å²) >= 11 is 0. The molecule has 1 saturated heterocycles. The van der Waals surface area contributed by atoms with Crippen molar-refractivity contribution in [1.29, 1.82) is 0 Å². The van der Waals surface area contributed by atoms with Gasteiger partial charge in [-0.05, 0) is 24.3 Å². The predicted molar refractivity (Wildman–Crippen MR) is 103 cm³/mol. The van der Waals surface area contributed by atoms with Crippen LogP contribution in [0.5, 0.6) is 11.5 Å². The minimum Gasteiger partial charge on any atom is -0.404 e. The van der Waals surface area contributed by atoms with Crippen LogP contribution >= 0.6 is 0 Å². The fraction of sp³-hybridized carbons (Fsp3) is 0.400. The number of halogens is 6. The summed E-state index contributed by atoms with van der Waals surface area (Å²) < 4.78 is 83.5. The summed E-state index contributed by atoms with van der Waals surface area (Å²) in [6, 6.07) is 11.8. The molecule has 0 atom stereocenters. The molecule has 0 saturated carbocycles. The van der Waals surface area contributed by atoms with Crippen molar-refractivity contribution in [1.82, 2.24) is 4.90 Å². The lowest BCUT2D eigenvalue weighted by Gasteiger charge is -2.36. The van der Waals surface area contributed by atoms with Crippen LogP contribution in [0.15, 0.2) is 48.5 Å². The van der Waals surface area contributed by atoms with Crippen LogP contribution in [0, 0.1) is 0 Å². The molecule has 0 bridgehead atoms. The van der Waals surface area contributed by atoms with Crippen molar-refractivity contribution in [2.45, 2.75) is 12.7 Å². The van der Waals surface area contributed by atoms with Gasteiger partial charge in [0.2, 0.25) is 0 Å². The molecule has 0 unspecified atom stereocenters. The maximum atomic E-state index is 12.6. The third-order valence-electron chi connectivity index (χ3n) is 4.66. The summed E-state index contributed by atoms with van der Waals surface area (Å²) in [4.78, 5) is 3.89. The van der Waals surface area contributed by atoms with Gasteiger partial charge in [-0.2, -0.15) is 0 Å². The molecule has 1 fully saturated rings. The highest BCUT2D eigenvalue weighted by molar-refractivity contribution is 5.59. The van der Waals surface area contributed by atoms with Gasteiger partial charge in [-0.1, -0.05) is 24.3 Å². The van der Waals surface area contributed by atoms with Crippen molar-refractivity contribution >= 4 is 11.4 Å². The average molecular weight is 449 g/mol. The zero-order valence-electron chi connectivity index (χ0n) is 16.3. The van der Waals surface area contributed by atoms with E-state index < -0.39 is 12.7 Å². The summed E-state index contributed by atoms with van der Waals surface area (Å²) in [5.74, 6) is -0.549. The second kappa shape index (κ2) is 9.54. The molecule has 1 aliphatic heterocycles. The Morgan fingerprint density at radius 1 is 0.742 bits per heavy atom. The van der Waals surface area contributed by atoms with Gasteiger partial charge in [0.15, 0.2) is 11.5 Å². The molecule has 0 radical (unpaired) electrons. The maximum Gasteiger partial charge on any atom is 0.573 e. The first-order valence-electron chi connectivity index (χ1n) is 9.51. The molecular weight excluding hydrogens is 428 g/mol. The topological polar surface area (TPSA) is 37.0 Å². The third kappa shape index (κ3) is 7.12. The number of ether oxygens (including phenoxy) is 2. The molecule has 2 aromatic rings. The van der Waals surface area contributed by atoms with Gasteiger partial charge >= 0.3 is 12.7 Å². The van der Waals surface area contributed by atoms with Crippen LogP contribution in [0.3, 0.4) is 0 Å². The molecule has 0 aliphatic carbocycles. The summed E-state index contributed by atoms with van der Waals surface area (Å²) in [5.41, 5.74) is 0.604. The summed E-state index contributed by atoms with van der Waals surface area (Å²) in [6.45, 7) is 3.09. The molecule has 1 N–H and O–H groups in total. The van der Waals surface area contributed by atoms with Crippen LogP contribution in [-0.2, 0) is 0 Å². The zero-order valence-corrected chi connectivity index (χ0v) is 16.3. The Morgan fingerprint density at radius 3 is 1.94 bits per heavy atom. The van der Waals surface area contributed by atoms with Crippen molar-refractivity contribution in [2.75, 3.05) is 49.5 Å². The van der Waals surface area contributed by atoms with Gasteiger partial charge < -0.3 is 19.7 Å². The van der Waals surface area contributed by atoms with E-state index in [1.54, 1.807) is 18.2 Å². The zero-order chi connectivity index (χ0) is 22.5. The van der Waals surface area contributed by atoms with Crippen LogP contribution in [0.1, 0.15) is 0 Å². The second-order valence-corrected chi connectivity index (χ2v) is 6.81. The Hall–Kier alpha value is -2.82. The number of anilines is 2. The monoisotopic (exact) mass is 449 g/mol. The highest BCUT2D eigenvalue weighted by atomic mass is 19.4. The van der Waals surface area contributed by atoms with Crippen LogP contribution < -0.4 is 19.7 Å². The van der Waals surface area contributed by atoms with Crippen molar-refractivity contribution in [3.63, 3.8) is 0 Å². The van der Waals surface area contributed by atoms with E-state index in [1.165, 1.54) is 30.3 Å². The van der Waals surface area contributed by atoms with Crippen LogP contribution in [-0.4, -0.2) is 56.9 Å². The smallest absolute Gasteiger partial charge is 0.404 e. The van der Waals surface area contributed by atoms with E-state index in [-0.39, 0.29) is 17.2 Å². The van der Waals surface area contributed by atoms with Crippen molar-refractivity contribution < 1.29 is 35.8 Å². The molecule has 170 valence electrons. The summed E-state index contributed by atoms with van der Waals surface area (Å²) in [6.07, 6.45) is -9.55. The first kappa shape index (κ1) is 22.9. The number of para-hydroxylation sites is 4. The number of piperazine rings is 1. The number of nitrogens with one attached hydrogen (secondary N) is 1. The largest absolute Gasteiger partial charge is 0.573 e. The molecule has 1 heterocycles. The third-order valence-corrected chi connectivity index (χ3v) is 4.66. The Kier molecular flexibility index (Phi) is 7.04. The lowest BCUT2D eigenvalue weighted by Crippen LogP contribution is -2.47. The van der Waals surface area contributed by atoms with Crippen molar-refractivity contribution in [3.8, 4) is 11.5 Å². The number of hydrogen-bond acceptors (Lipinski definition) is 5. The predicted octanol–water partition coefficient (Wildman–Crippen LogP) is 4.72. The number of nitrogens with zero attached hydrogens (tertiary/aromatic N) is 2. The SMILES string of the molecule is FC(F)(F)Oc1ccccc1NCCN1CCN(c2ccccc2OC(F)(F)F)CC1. The highest BCUT2D eigenvalue weighted by Gasteiger charge is 2.33. The molecule has 3 rings (SSSR count). The first-order chi connectivity index (χ1) is 14.6. The fourth-order valence-electron chi connectivity index (χ4n) is 3.32. The van der Waals surface area contributed by atoms with Gasteiger partial charge in [-0.15, -0.1) is 26.3 Å². The molecular formula is C20H21F6N3O2. The van der Waals surface area contributed by atoms with E-state index in [0.29, 0.717) is 45.0 Å². The second-order valence-electron chi connectivity index (χ2n) is 6.81. The van der Waals surface area contributed by atoms with Crippen molar-refractivity contribution in [3.05, 3.63) is 48.5 Å². The highest BCUT2D eigenvalue weighted by Crippen LogP contribution is 2.33. The van der Waals surface area contributed by atoms with E-state index >= 15 is 0 Å². The molecule has 1 aliphatic rings. The van der Waals surface area contributed by atoms with Crippen LogP contribution in [0.25, 0.3) is 0 Å². The van der Waals surface area contributed by atoms with Gasteiger partial charge in [0.1, 0.15) is 0 Å². The van der Waals surface area contributed by atoms with Crippen LogP contribution in [0.2, 0.25) is 0 Å². The molecule has 2 aromatic carbocycles. The van der Waals surface area contributed by atoms with E-state index in [0.717, 1.165) is 0 Å². The molecule has 0 spiro atoms. The minimum atomic E-state index is -4.78. The van der Waals surface area contributed by atoms with Crippen molar-refractivity contribution in [2.24, 2.45) is 0 Å². The fourth-order valence-corrected chi connectivity index (χ4v) is 3.32. The normalized spacial score (nSPS) is 15.6. The molecule has 0 amide bonds. The molecule has 31 heavy (non-hydrogen) atoms. The lowest BCUT2D eigenvalue weighted by atomic mass is 10.2. The van der Waals surface area contributed by atoms with E-state index in [9.17, 15) is 26.3 Å². The number of rotatable bonds is 7. The number of alkyl halides is 6. The Labute approximate surface area is 175 Å². The standard InChI is InChI=1S/C20H21F6N3O2/c21-19(22,23)30-17-7-3-1-5-15(17)27-9-10-28-11-13-29(14-12-28)16-6-2-4-8-18(16)31-20(24,25)26/h1-8,27H,9-14H2. The average Bonchev–Trinajstić information content (AvgIpc) is 2.68. The van der Waals surface area contributed by atoms with Gasteiger partial charge in [0, 0.05) is 39.3 Å². The Bertz CT molecular complexity index is 849. The number of hydrogen-bond donors (Lipinski definition) is 1. The van der Waals surface area contributed by atoms with Crippen LogP contribution in [0.4, 0.5) is 37.7 Å². The van der Waals surface area contributed by atoms with E-state index in [1.807, 2.05) is 4.90 Å². The summed E-state index contributed by atoms with van der Waals surface area (Å²) in [7, 11) is 0. The van der Waals surface area contributed by atoms with E-state index in [2.05, 4.69) is 19.7 Å². The minimum absolute atomic E-state index is 0.233. The van der Waals surface area contributed by atoms with Gasteiger partial charge in [0.05, 0.1) is 11.4 Å². The van der Waals surface area contributed by atoms with Gasteiger partial charge in [-0.25, -0.2) is 0 Å².